The van der Waals surface area contributed by atoms with E-state index in [0.29, 0.717) is 12.0 Å². The van der Waals surface area contributed by atoms with Crippen molar-refractivity contribution < 1.29 is 14.9 Å². The Morgan fingerprint density at radius 1 is 1.09 bits per heavy atom. The predicted octanol–water partition coefficient (Wildman–Crippen LogP) is 2.64. The Hall–Kier alpha value is -2.04. The molecule has 0 aliphatic carbocycles. The minimum Gasteiger partial charge on any atom is -0.508 e. The van der Waals surface area contributed by atoms with Gasteiger partial charge in [-0.05, 0) is 30.0 Å². The van der Waals surface area contributed by atoms with Crippen LogP contribution in [0.25, 0.3) is 0 Å². The van der Waals surface area contributed by atoms with E-state index in [0.717, 1.165) is 11.3 Å². The fraction of sp³-hybridized carbons (Fsp3) is 0.333. The molecule has 2 aromatic carbocycles. The number of hydrogen-bond acceptors (Lipinski definition) is 4. The number of nitrogens with two attached hydrogens (primary N) is 1. The zero-order valence-corrected chi connectivity index (χ0v) is 12.9. The summed E-state index contributed by atoms with van der Waals surface area (Å²) in [6.45, 7) is 1.99. The van der Waals surface area contributed by atoms with Gasteiger partial charge in [0.25, 0.3) is 0 Å². The predicted molar refractivity (Wildman–Crippen MR) is 86.9 cm³/mol. The zero-order chi connectivity index (χ0) is 16.1. The second-order valence-corrected chi connectivity index (χ2v) is 5.57. The van der Waals surface area contributed by atoms with Gasteiger partial charge in [-0.25, -0.2) is 0 Å². The maximum Gasteiger partial charge on any atom is 0.122 e. The number of rotatable bonds is 6. The molecule has 0 aliphatic heterocycles. The zero-order valence-electron chi connectivity index (χ0n) is 12.9. The van der Waals surface area contributed by atoms with Crippen molar-refractivity contribution in [2.75, 3.05) is 7.11 Å². The number of aromatic hydroxyl groups is 1. The average Bonchev–Trinajstić information content (AvgIpc) is 2.54. The molecule has 2 rings (SSSR count). The van der Waals surface area contributed by atoms with Crippen LogP contribution in [0.3, 0.4) is 0 Å². The Labute approximate surface area is 131 Å². The fourth-order valence-electron chi connectivity index (χ4n) is 2.61. The maximum atomic E-state index is 10.4. The van der Waals surface area contributed by atoms with Crippen molar-refractivity contribution in [2.45, 2.75) is 25.5 Å². The molecule has 0 aliphatic rings. The molecular weight excluding hydrogens is 278 g/mol. The van der Waals surface area contributed by atoms with Crippen LogP contribution in [-0.4, -0.2) is 23.4 Å². The molecular formula is C18H23NO3. The van der Waals surface area contributed by atoms with Gasteiger partial charge in [-0.15, -0.1) is 0 Å². The van der Waals surface area contributed by atoms with Crippen molar-refractivity contribution in [3.8, 4) is 11.5 Å². The van der Waals surface area contributed by atoms with Crippen LogP contribution in [0, 0.1) is 5.92 Å². The molecule has 0 fully saturated rings. The molecule has 3 atom stereocenters. The quantitative estimate of drug-likeness (QED) is 0.766. The molecule has 4 heteroatoms. The average molecular weight is 301 g/mol. The molecule has 0 radical (unpaired) electrons. The third-order valence-corrected chi connectivity index (χ3v) is 4.01. The van der Waals surface area contributed by atoms with E-state index in [4.69, 9.17) is 10.5 Å². The molecule has 4 nitrogen and oxygen atoms in total. The summed E-state index contributed by atoms with van der Waals surface area (Å²) in [6, 6.07) is 14.0. The van der Waals surface area contributed by atoms with E-state index in [9.17, 15) is 10.2 Å². The summed E-state index contributed by atoms with van der Waals surface area (Å²) in [4.78, 5) is 0. The van der Waals surface area contributed by atoms with Crippen molar-refractivity contribution in [3.05, 3.63) is 59.7 Å². The van der Waals surface area contributed by atoms with Gasteiger partial charge in [0.2, 0.25) is 0 Å². The van der Waals surface area contributed by atoms with Gasteiger partial charge in [-0.2, -0.15) is 0 Å². The van der Waals surface area contributed by atoms with Crippen molar-refractivity contribution in [1.82, 2.24) is 0 Å². The summed E-state index contributed by atoms with van der Waals surface area (Å²) in [5, 5.41) is 20.3. The first-order chi connectivity index (χ1) is 10.5. The minimum absolute atomic E-state index is 0.0194. The van der Waals surface area contributed by atoms with E-state index in [1.165, 1.54) is 0 Å². The first-order valence-corrected chi connectivity index (χ1v) is 7.38. The van der Waals surface area contributed by atoms with Crippen LogP contribution >= 0.6 is 0 Å². The van der Waals surface area contributed by atoms with Gasteiger partial charge in [0.05, 0.1) is 13.2 Å². The van der Waals surface area contributed by atoms with E-state index >= 15 is 0 Å². The summed E-state index contributed by atoms with van der Waals surface area (Å²) in [5.74, 6) is 0.902. The summed E-state index contributed by atoms with van der Waals surface area (Å²) >= 11 is 0. The van der Waals surface area contributed by atoms with Crippen LogP contribution in [-0.2, 0) is 6.42 Å². The van der Waals surface area contributed by atoms with E-state index in [2.05, 4.69) is 0 Å². The summed E-state index contributed by atoms with van der Waals surface area (Å²) in [7, 11) is 1.64. The number of hydrogen-bond donors (Lipinski definition) is 3. The Morgan fingerprint density at radius 3 is 2.41 bits per heavy atom. The molecule has 0 spiro atoms. The van der Waals surface area contributed by atoms with Gasteiger partial charge < -0.3 is 20.7 Å². The number of benzene rings is 2. The standard InChI is InChI=1S/C18H23NO3/c1-12(11-13-7-3-6-10-16(13)22-2)17(19)18(21)14-8-4-5-9-15(14)20/h3-10,12,17-18,20-21H,11,19H2,1-2H3/t12?,17-,18-/m1/s1. The van der Waals surface area contributed by atoms with E-state index in [1.807, 2.05) is 31.2 Å². The molecule has 0 amide bonds. The summed E-state index contributed by atoms with van der Waals surface area (Å²) in [6.07, 6.45) is -0.221. The minimum atomic E-state index is -0.911. The lowest BCUT2D eigenvalue weighted by Gasteiger charge is -2.26. The summed E-state index contributed by atoms with van der Waals surface area (Å²) in [5.41, 5.74) is 7.71. The summed E-state index contributed by atoms with van der Waals surface area (Å²) < 4.78 is 5.35. The van der Waals surface area contributed by atoms with Crippen molar-refractivity contribution in [1.29, 1.82) is 0 Å². The van der Waals surface area contributed by atoms with Crippen LogP contribution in [0.4, 0.5) is 0 Å². The van der Waals surface area contributed by atoms with Gasteiger partial charge in [0.15, 0.2) is 0 Å². The number of ether oxygens (including phenoxy) is 1. The first-order valence-electron chi connectivity index (χ1n) is 7.38. The maximum absolute atomic E-state index is 10.4. The lowest BCUT2D eigenvalue weighted by Crippen LogP contribution is -2.36. The Balaban J connectivity index is 2.12. The molecule has 22 heavy (non-hydrogen) atoms. The number of aliphatic hydroxyl groups is 1. The lowest BCUT2D eigenvalue weighted by atomic mass is 9.88. The van der Waals surface area contributed by atoms with Gasteiger partial charge in [-0.3, -0.25) is 0 Å². The molecule has 2 aromatic rings. The SMILES string of the molecule is COc1ccccc1CC(C)[C@@H](N)[C@H](O)c1ccccc1O. The van der Waals surface area contributed by atoms with Crippen LogP contribution < -0.4 is 10.5 Å². The number of methoxy groups -OCH3 is 1. The monoisotopic (exact) mass is 301 g/mol. The van der Waals surface area contributed by atoms with Gasteiger partial charge in [0, 0.05) is 11.6 Å². The Bertz CT molecular complexity index is 615. The third kappa shape index (κ3) is 3.59. The first kappa shape index (κ1) is 16.3. The van der Waals surface area contributed by atoms with Crippen LogP contribution in [0.2, 0.25) is 0 Å². The Kier molecular flexibility index (Phi) is 5.41. The van der Waals surface area contributed by atoms with E-state index in [-0.39, 0.29) is 11.7 Å². The molecule has 0 saturated heterocycles. The largest absolute Gasteiger partial charge is 0.508 e. The molecule has 4 N–H and O–H groups in total. The molecule has 1 unspecified atom stereocenters. The van der Waals surface area contributed by atoms with Crippen LogP contribution in [0.5, 0.6) is 11.5 Å². The highest BCUT2D eigenvalue weighted by Gasteiger charge is 2.25. The fourth-order valence-corrected chi connectivity index (χ4v) is 2.61. The van der Waals surface area contributed by atoms with Gasteiger partial charge >= 0.3 is 0 Å². The number of aliphatic hydroxyl groups excluding tert-OH is 1. The molecule has 0 bridgehead atoms. The van der Waals surface area contributed by atoms with Crippen LogP contribution in [0.15, 0.2) is 48.5 Å². The molecule has 118 valence electrons. The molecule has 0 saturated carbocycles. The van der Waals surface area contributed by atoms with E-state index in [1.54, 1.807) is 31.4 Å². The van der Waals surface area contributed by atoms with Crippen molar-refractivity contribution in [2.24, 2.45) is 11.7 Å². The lowest BCUT2D eigenvalue weighted by molar-refractivity contribution is 0.118. The van der Waals surface area contributed by atoms with Crippen LogP contribution in [0.1, 0.15) is 24.2 Å². The molecule has 0 aromatic heterocycles. The second-order valence-electron chi connectivity index (χ2n) is 5.57. The number of para-hydroxylation sites is 2. The highest BCUT2D eigenvalue weighted by atomic mass is 16.5. The highest BCUT2D eigenvalue weighted by molar-refractivity contribution is 5.36. The number of phenols is 1. The van der Waals surface area contributed by atoms with E-state index < -0.39 is 12.1 Å². The molecule has 0 heterocycles. The normalized spacial score (nSPS) is 15.1. The van der Waals surface area contributed by atoms with Crippen molar-refractivity contribution in [3.63, 3.8) is 0 Å². The highest BCUT2D eigenvalue weighted by Crippen LogP contribution is 2.30. The topological polar surface area (TPSA) is 75.7 Å². The third-order valence-electron chi connectivity index (χ3n) is 4.01. The van der Waals surface area contributed by atoms with Crippen molar-refractivity contribution >= 4 is 0 Å². The van der Waals surface area contributed by atoms with Gasteiger partial charge in [-0.1, -0.05) is 43.3 Å². The van der Waals surface area contributed by atoms with Gasteiger partial charge in [0.1, 0.15) is 11.5 Å². The second kappa shape index (κ2) is 7.29. The smallest absolute Gasteiger partial charge is 0.122 e. The number of phenolic OH excluding ortho intramolecular Hbond substituents is 1. The Morgan fingerprint density at radius 2 is 1.73 bits per heavy atom.